The van der Waals surface area contributed by atoms with E-state index in [2.05, 4.69) is 155 Å². The second kappa shape index (κ2) is 14.6. The first kappa shape index (κ1) is 32.4. The van der Waals surface area contributed by atoms with Crippen LogP contribution in [0, 0.1) is 0 Å². The highest BCUT2D eigenvalue weighted by Crippen LogP contribution is 2.32. The number of benzene rings is 4. The third kappa shape index (κ3) is 7.00. The van der Waals surface area contributed by atoms with Gasteiger partial charge in [0, 0.05) is 59.8 Å². The van der Waals surface area contributed by atoms with Crippen LogP contribution < -0.4 is 0 Å². The third-order valence-electron chi connectivity index (χ3n) is 10.7. The van der Waals surface area contributed by atoms with Gasteiger partial charge in [-0.3, -0.25) is 29.7 Å². The number of fused-ring (bicyclic) bond motifs is 4. The first-order valence-corrected chi connectivity index (χ1v) is 18.6. The zero-order valence-electron chi connectivity index (χ0n) is 29.4. The normalized spacial score (nSPS) is 16.4. The molecule has 1 aliphatic carbocycles. The molecule has 1 aliphatic rings. The van der Waals surface area contributed by atoms with E-state index in [1.54, 1.807) is 0 Å². The molecule has 9 rings (SSSR count). The summed E-state index contributed by atoms with van der Waals surface area (Å²) < 4.78 is 0. The number of nitrogens with zero attached hydrogens (tertiary/aromatic N) is 6. The molecule has 0 radical (unpaired) electrons. The molecular weight excluding hydrogens is 637 g/mol. The topological polar surface area (TPSA) is 58.0 Å². The zero-order chi connectivity index (χ0) is 34.7. The molecule has 0 spiro atoms. The molecule has 8 aromatic rings. The predicted molar refractivity (Wildman–Crippen MR) is 212 cm³/mol. The minimum Gasteiger partial charge on any atom is -0.287 e. The molecule has 0 N–H and O–H groups in total. The molecule has 6 heteroatoms. The van der Waals surface area contributed by atoms with Gasteiger partial charge in [0.05, 0.1) is 44.8 Å². The van der Waals surface area contributed by atoms with Crippen molar-refractivity contribution < 1.29 is 0 Å². The summed E-state index contributed by atoms with van der Waals surface area (Å²) in [6, 6.07) is 51.9. The molecular formula is C46H42N6. The second-order valence-electron chi connectivity index (χ2n) is 14.2. The quantitative estimate of drug-likeness (QED) is 0.144. The van der Waals surface area contributed by atoms with Crippen molar-refractivity contribution in [1.82, 2.24) is 29.7 Å². The lowest BCUT2D eigenvalue weighted by Crippen LogP contribution is -2.52. The smallest absolute Gasteiger partial charge is 0.0705 e. The molecule has 0 bridgehead atoms. The molecule has 6 nitrogen and oxygen atoms in total. The van der Waals surface area contributed by atoms with E-state index < -0.39 is 0 Å². The van der Waals surface area contributed by atoms with E-state index in [9.17, 15) is 0 Å². The Bertz CT molecular complexity index is 2160. The fourth-order valence-electron chi connectivity index (χ4n) is 8.14. The first-order chi connectivity index (χ1) is 25.7. The number of para-hydroxylation sites is 4. The summed E-state index contributed by atoms with van der Waals surface area (Å²) >= 11 is 0. The van der Waals surface area contributed by atoms with Crippen LogP contribution in [0.5, 0.6) is 0 Å². The van der Waals surface area contributed by atoms with Crippen molar-refractivity contribution in [3.05, 3.63) is 168 Å². The predicted octanol–water partition coefficient (Wildman–Crippen LogP) is 9.90. The van der Waals surface area contributed by atoms with Crippen molar-refractivity contribution in [2.45, 2.75) is 63.9 Å². The molecule has 52 heavy (non-hydrogen) atoms. The van der Waals surface area contributed by atoms with Crippen LogP contribution in [0.4, 0.5) is 0 Å². The van der Waals surface area contributed by atoms with Crippen molar-refractivity contribution in [2.24, 2.45) is 0 Å². The van der Waals surface area contributed by atoms with Gasteiger partial charge in [-0.2, -0.15) is 0 Å². The second-order valence-corrected chi connectivity index (χ2v) is 14.2. The number of hydrogen-bond donors (Lipinski definition) is 0. The Labute approximate surface area is 304 Å². The Balaban J connectivity index is 1.10. The summed E-state index contributed by atoms with van der Waals surface area (Å²) in [4.78, 5) is 26.0. The van der Waals surface area contributed by atoms with E-state index in [-0.39, 0.29) is 12.1 Å². The SMILES string of the molecule is c1ccc2nc(CN(Cc3ccc4ccccc4n3)C3CCCCC3N(Cc3ccc4ccccc4n3)Cc3ccc4ccccc4n3)ccc2c1. The maximum atomic E-state index is 5.17. The Morgan fingerprint density at radius 2 is 0.615 bits per heavy atom. The lowest BCUT2D eigenvalue weighted by molar-refractivity contribution is 0.0274. The molecule has 1 fully saturated rings. The van der Waals surface area contributed by atoms with Crippen LogP contribution in [0.3, 0.4) is 0 Å². The Kier molecular flexibility index (Phi) is 9.07. The van der Waals surface area contributed by atoms with E-state index in [1.807, 2.05) is 0 Å². The lowest BCUT2D eigenvalue weighted by atomic mass is 9.87. The van der Waals surface area contributed by atoms with Gasteiger partial charge in [0.25, 0.3) is 0 Å². The van der Waals surface area contributed by atoms with Gasteiger partial charge in [-0.05, 0) is 61.4 Å². The highest BCUT2D eigenvalue weighted by molar-refractivity contribution is 5.80. The Morgan fingerprint density at radius 3 is 0.904 bits per heavy atom. The molecule has 2 atom stereocenters. The van der Waals surface area contributed by atoms with E-state index >= 15 is 0 Å². The van der Waals surface area contributed by atoms with Crippen LogP contribution in [0.15, 0.2) is 146 Å². The Hall–Kier alpha value is -5.56. The van der Waals surface area contributed by atoms with Crippen molar-refractivity contribution in [3.63, 3.8) is 0 Å². The third-order valence-corrected chi connectivity index (χ3v) is 10.7. The highest BCUT2D eigenvalue weighted by Gasteiger charge is 2.35. The maximum absolute atomic E-state index is 5.17. The molecule has 4 heterocycles. The van der Waals surface area contributed by atoms with Gasteiger partial charge in [0.15, 0.2) is 0 Å². The van der Waals surface area contributed by atoms with Gasteiger partial charge >= 0.3 is 0 Å². The van der Waals surface area contributed by atoms with Crippen LogP contribution in [-0.2, 0) is 26.2 Å². The summed E-state index contributed by atoms with van der Waals surface area (Å²) in [5.41, 5.74) is 8.49. The van der Waals surface area contributed by atoms with Crippen molar-refractivity contribution in [3.8, 4) is 0 Å². The molecule has 4 aromatic carbocycles. The number of rotatable bonds is 10. The van der Waals surface area contributed by atoms with E-state index in [4.69, 9.17) is 19.9 Å². The number of pyridine rings is 4. The monoisotopic (exact) mass is 678 g/mol. The van der Waals surface area contributed by atoms with Gasteiger partial charge < -0.3 is 0 Å². The van der Waals surface area contributed by atoms with Crippen LogP contribution in [0.2, 0.25) is 0 Å². The average molecular weight is 679 g/mol. The van der Waals surface area contributed by atoms with Gasteiger partial charge in [0.1, 0.15) is 0 Å². The van der Waals surface area contributed by atoms with Crippen LogP contribution >= 0.6 is 0 Å². The number of aromatic nitrogens is 4. The van der Waals surface area contributed by atoms with Gasteiger partial charge in [0.2, 0.25) is 0 Å². The lowest BCUT2D eigenvalue weighted by Gasteiger charge is -2.45. The summed E-state index contributed by atoms with van der Waals surface area (Å²) in [5.74, 6) is 0. The van der Waals surface area contributed by atoms with Crippen LogP contribution in [0.25, 0.3) is 43.6 Å². The summed E-state index contributed by atoms with van der Waals surface area (Å²) in [6.07, 6.45) is 4.62. The van der Waals surface area contributed by atoms with E-state index in [0.29, 0.717) is 0 Å². The van der Waals surface area contributed by atoms with Crippen LogP contribution in [0.1, 0.15) is 48.5 Å². The van der Waals surface area contributed by atoms with Crippen molar-refractivity contribution in [2.75, 3.05) is 0 Å². The van der Waals surface area contributed by atoms with Crippen molar-refractivity contribution >= 4 is 43.6 Å². The fourth-order valence-corrected chi connectivity index (χ4v) is 8.14. The summed E-state index contributed by atoms with van der Waals surface area (Å²) in [6.45, 7) is 2.99. The van der Waals surface area contributed by atoms with Crippen LogP contribution in [-0.4, -0.2) is 41.8 Å². The highest BCUT2D eigenvalue weighted by atomic mass is 15.3. The molecule has 2 unspecified atom stereocenters. The van der Waals surface area contributed by atoms with Gasteiger partial charge in [-0.1, -0.05) is 110 Å². The molecule has 0 amide bonds. The van der Waals surface area contributed by atoms with Crippen molar-refractivity contribution in [1.29, 1.82) is 0 Å². The number of hydrogen-bond acceptors (Lipinski definition) is 6. The zero-order valence-corrected chi connectivity index (χ0v) is 29.4. The Morgan fingerprint density at radius 1 is 0.346 bits per heavy atom. The maximum Gasteiger partial charge on any atom is 0.0705 e. The average Bonchev–Trinajstić information content (AvgIpc) is 3.20. The summed E-state index contributed by atoms with van der Waals surface area (Å²) in [7, 11) is 0. The summed E-state index contributed by atoms with van der Waals surface area (Å²) in [5, 5.41) is 4.67. The largest absolute Gasteiger partial charge is 0.287 e. The first-order valence-electron chi connectivity index (χ1n) is 18.6. The molecule has 0 saturated heterocycles. The van der Waals surface area contributed by atoms with Gasteiger partial charge in [-0.15, -0.1) is 0 Å². The fraction of sp³-hybridized carbons (Fsp3) is 0.217. The van der Waals surface area contributed by atoms with E-state index in [0.717, 1.165) is 83.9 Å². The minimum atomic E-state index is 0.288. The van der Waals surface area contributed by atoms with Gasteiger partial charge in [-0.25, -0.2) is 0 Å². The minimum absolute atomic E-state index is 0.288. The molecule has 256 valence electrons. The molecule has 0 aliphatic heterocycles. The molecule has 1 saturated carbocycles. The standard InChI is InChI=1S/C46H42N6/c1-5-15-41-33(11-1)21-25-37(47-41)29-51(30-38-26-22-34-12-2-6-16-42(34)48-38)45-19-9-10-20-46(45)52(31-39-27-23-35-13-3-7-17-43(35)49-39)32-40-28-24-36-14-4-8-18-44(36)50-40/h1-8,11-18,21-28,45-46H,9-10,19-20,29-32H2. The molecule has 4 aromatic heterocycles. The van der Waals surface area contributed by atoms with E-state index in [1.165, 1.54) is 34.4 Å².